The molecule has 0 bridgehead atoms. The molecule has 9 nitrogen and oxygen atoms in total. The van der Waals surface area contributed by atoms with Crippen molar-refractivity contribution in [3.63, 3.8) is 0 Å². The van der Waals surface area contributed by atoms with E-state index in [4.69, 9.17) is 4.55 Å². The van der Waals surface area contributed by atoms with E-state index in [1.54, 1.807) is 0 Å². The molecule has 23 heavy (non-hydrogen) atoms. The molecule has 2 amide bonds. The van der Waals surface area contributed by atoms with E-state index < -0.39 is 33.4 Å². The van der Waals surface area contributed by atoms with Crippen LogP contribution < -0.4 is 10.6 Å². The highest BCUT2D eigenvalue weighted by molar-refractivity contribution is 7.85. The lowest BCUT2D eigenvalue weighted by molar-refractivity contribution is 0.262. The van der Waals surface area contributed by atoms with Crippen LogP contribution in [0.25, 0.3) is 0 Å². The van der Waals surface area contributed by atoms with Crippen LogP contribution in [-0.4, -0.2) is 34.3 Å². The zero-order valence-corrected chi connectivity index (χ0v) is 12.2. The number of anilines is 2. The quantitative estimate of drug-likeness (QED) is 0.282. The molecule has 2 rings (SSSR count). The summed E-state index contributed by atoms with van der Waals surface area (Å²) in [6.07, 6.45) is 0. The van der Waals surface area contributed by atoms with Crippen molar-refractivity contribution in [1.29, 1.82) is 0 Å². The summed E-state index contributed by atoms with van der Waals surface area (Å²) in [6.45, 7) is 0. The molecule has 0 fully saturated rings. The predicted molar refractivity (Wildman–Crippen MR) is 80.3 cm³/mol. The van der Waals surface area contributed by atoms with E-state index in [1.165, 1.54) is 12.1 Å². The van der Waals surface area contributed by atoms with Crippen molar-refractivity contribution in [2.24, 2.45) is 0 Å². The highest BCUT2D eigenvalue weighted by Crippen LogP contribution is 2.37. The van der Waals surface area contributed by atoms with Crippen LogP contribution in [0.15, 0.2) is 41.3 Å². The molecule has 0 atom stereocenters. The summed E-state index contributed by atoms with van der Waals surface area (Å²) >= 11 is 0. The second-order valence-corrected chi connectivity index (χ2v) is 5.86. The summed E-state index contributed by atoms with van der Waals surface area (Å²) in [6, 6.07) is 6.02. The number of aromatic hydroxyl groups is 3. The minimum absolute atomic E-state index is 0.0184. The van der Waals surface area contributed by atoms with Gasteiger partial charge in [-0.05, 0) is 24.3 Å². The fourth-order valence-corrected chi connectivity index (χ4v) is 2.16. The van der Waals surface area contributed by atoms with Gasteiger partial charge in [-0.25, -0.2) is 4.79 Å². The van der Waals surface area contributed by atoms with Gasteiger partial charge in [0.05, 0.1) is 10.6 Å². The third-order valence-electron chi connectivity index (χ3n) is 2.74. The molecule has 0 saturated carbocycles. The Hall–Kier alpha value is -2.98. The molecule has 10 heteroatoms. The van der Waals surface area contributed by atoms with Crippen LogP contribution in [0.3, 0.4) is 0 Å². The number of hydrogen-bond donors (Lipinski definition) is 6. The molecule has 2 aromatic carbocycles. The van der Waals surface area contributed by atoms with E-state index in [-0.39, 0.29) is 16.3 Å². The molecular formula is C13H12N2O7S. The van der Waals surface area contributed by atoms with Crippen LogP contribution in [0, 0.1) is 0 Å². The van der Waals surface area contributed by atoms with Crippen molar-refractivity contribution in [3.8, 4) is 17.2 Å². The Kier molecular flexibility index (Phi) is 4.29. The van der Waals surface area contributed by atoms with E-state index in [0.717, 1.165) is 24.3 Å². The average Bonchev–Trinajstić information content (AvgIpc) is 2.44. The van der Waals surface area contributed by atoms with Gasteiger partial charge in [0, 0.05) is 17.8 Å². The molecule has 0 aliphatic heterocycles. The normalized spacial score (nSPS) is 11.0. The van der Waals surface area contributed by atoms with E-state index in [2.05, 4.69) is 10.6 Å². The highest BCUT2D eigenvalue weighted by atomic mass is 32.2. The molecule has 0 radical (unpaired) electrons. The molecule has 122 valence electrons. The maximum atomic E-state index is 11.8. The van der Waals surface area contributed by atoms with Gasteiger partial charge in [-0.2, -0.15) is 8.42 Å². The second kappa shape index (κ2) is 6.02. The van der Waals surface area contributed by atoms with Gasteiger partial charge in [0.2, 0.25) is 0 Å². The number of carbonyl (C=O) groups is 1. The number of nitrogens with one attached hydrogen (secondary N) is 2. The molecular weight excluding hydrogens is 328 g/mol. The van der Waals surface area contributed by atoms with Gasteiger partial charge in [-0.1, -0.05) is 0 Å². The maximum Gasteiger partial charge on any atom is 0.323 e. The molecule has 0 saturated heterocycles. The molecule has 6 N–H and O–H groups in total. The van der Waals surface area contributed by atoms with Gasteiger partial charge in [0.25, 0.3) is 10.1 Å². The van der Waals surface area contributed by atoms with Gasteiger partial charge in [-0.15, -0.1) is 0 Å². The van der Waals surface area contributed by atoms with Crippen molar-refractivity contribution in [3.05, 3.63) is 36.4 Å². The fourth-order valence-electron chi connectivity index (χ4n) is 1.68. The van der Waals surface area contributed by atoms with Crippen molar-refractivity contribution in [1.82, 2.24) is 0 Å². The first-order chi connectivity index (χ1) is 10.7. The first-order valence-corrected chi connectivity index (χ1v) is 7.51. The van der Waals surface area contributed by atoms with Crippen molar-refractivity contribution >= 4 is 27.5 Å². The summed E-state index contributed by atoms with van der Waals surface area (Å²) in [5, 5.41) is 32.5. The van der Waals surface area contributed by atoms with E-state index >= 15 is 0 Å². The summed E-state index contributed by atoms with van der Waals surface area (Å²) in [5.74, 6) is -1.94. The Morgan fingerprint density at radius 3 is 1.83 bits per heavy atom. The third-order valence-corrected chi connectivity index (χ3v) is 3.61. The molecule has 0 spiro atoms. The number of urea groups is 1. The number of phenols is 3. The summed E-state index contributed by atoms with van der Waals surface area (Å²) in [5.41, 5.74) is 0.256. The smallest absolute Gasteiger partial charge is 0.323 e. The Balaban J connectivity index is 2.08. The van der Waals surface area contributed by atoms with Crippen LogP contribution in [0.1, 0.15) is 0 Å². The molecule has 0 unspecified atom stereocenters. The first kappa shape index (κ1) is 16.4. The maximum absolute atomic E-state index is 11.8. The van der Waals surface area contributed by atoms with Crippen molar-refractivity contribution in [2.75, 3.05) is 10.6 Å². The molecule has 0 aliphatic rings. The lowest BCUT2D eigenvalue weighted by atomic mass is 10.2. The monoisotopic (exact) mass is 340 g/mol. The van der Waals surface area contributed by atoms with Gasteiger partial charge >= 0.3 is 6.03 Å². The number of carbonyl (C=O) groups excluding carboxylic acids is 1. The Labute approximate surface area is 130 Å². The molecule has 2 aromatic rings. The lowest BCUT2D eigenvalue weighted by Crippen LogP contribution is -2.19. The van der Waals surface area contributed by atoms with Crippen LogP contribution in [0.2, 0.25) is 0 Å². The molecule has 0 aromatic heterocycles. The lowest BCUT2D eigenvalue weighted by Gasteiger charge is -2.09. The van der Waals surface area contributed by atoms with E-state index in [1.807, 2.05) is 0 Å². The van der Waals surface area contributed by atoms with Crippen LogP contribution >= 0.6 is 0 Å². The number of rotatable bonds is 3. The van der Waals surface area contributed by atoms with Gasteiger partial charge in [0.1, 0.15) is 0 Å². The topological polar surface area (TPSA) is 156 Å². The fraction of sp³-hybridized carbons (Fsp3) is 0. The number of amides is 2. The number of hydrogen-bond acceptors (Lipinski definition) is 6. The van der Waals surface area contributed by atoms with E-state index in [9.17, 15) is 28.5 Å². The standard InChI is InChI=1S/C13H12N2O7S/c16-10-5-8(6-11(17)12(10)18)15-13(19)14-7-1-3-9(4-2-7)23(20,21)22/h1-6,16-18H,(H2,14,15,19)(H,20,21,22). The van der Waals surface area contributed by atoms with Gasteiger partial charge < -0.3 is 26.0 Å². The molecule has 0 aliphatic carbocycles. The third kappa shape index (κ3) is 4.02. The Bertz CT molecular complexity index is 824. The number of benzene rings is 2. The number of phenolic OH excluding ortho intramolecular Hbond substituents is 3. The first-order valence-electron chi connectivity index (χ1n) is 6.07. The van der Waals surface area contributed by atoms with Gasteiger partial charge in [0.15, 0.2) is 17.2 Å². The Morgan fingerprint density at radius 1 is 0.870 bits per heavy atom. The largest absolute Gasteiger partial charge is 0.504 e. The van der Waals surface area contributed by atoms with Crippen LogP contribution in [-0.2, 0) is 10.1 Å². The molecule has 0 heterocycles. The van der Waals surface area contributed by atoms with E-state index in [0.29, 0.717) is 0 Å². The highest BCUT2D eigenvalue weighted by Gasteiger charge is 2.11. The average molecular weight is 340 g/mol. The second-order valence-electron chi connectivity index (χ2n) is 4.44. The predicted octanol–water partition coefficient (Wildman–Crippen LogP) is 1.69. The summed E-state index contributed by atoms with van der Waals surface area (Å²) in [4.78, 5) is 11.4. The SMILES string of the molecule is O=C(Nc1ccc(S(=O)(=O)O)cc1)Nc1cc(O)c(O)c(O)c1. The Morgan fingerprint density at radius 2 is 1.35 bits per heavy atom. The van der Waals surface area contributed by atoms with Crippen LogP contribution in [0.4, 0.5) is 16.2 Å². The summed E-state index contributed by atoms with van der Waals surface area (Å²) < 4.78 is 30.6. The zero-order chi connectivity index (χ0) is 17.2. The summed E-state index contributed by atoms with van der Waals surface area (Å²) in [7, 11) is -4.32. The minimum atomic E-state index is -4.32. The van der Waals surface area contributed by atoms with Crippen molar-refractivity contribution < 1.29 is 33.1 Å². The van der Waals surface area contributed by atoms with Crippen molar-refractivity contribution in [2.45, 2.75) is 4.90 Å². The zero-order valence-electron chi connectivity index (χ0n) is 11.4. The minimum Gasteiger partial charge on any atom is -0.504 e. The van der Waals surface area contributed by atoms with Crippen LogP contribution in [0.5, 0.6) is 17.2 Å². The van der Waals surface area contributed by atoms with Gasteiger partial charge in [-0.3, -0.25) is 4.55 Å².